The fourth-order valence-electron chi connectivity index (χ4n) is 1.07. The second-order valence-corrected chi connectivity index (χ2v) is 4.76. The maximum absolute atomic E-state index is 10.8. The lowest BCUT2D eigenvalue weighted by Crippen LogP contribution is -2.13. The fraction of sp³-hybridized carbons (Fsp3) is 0.444. The van der Waals surface area contributed by atoms with Crippen LogP contribution in [0.1, 0.15) is 16.1 Å². The Balaban J connectivity index is 2.66. The molecular weight excluding hydrogens is 230 g/mol. The van der Waals surface area contributed by atoms with Crippen LogP contribution in [0.3, 0.4) is 0 Å². The Morgan fingerprint density at radius 2 is 2.31 bits per heavy atom. The molecule has 0 aliphatic heterocycles. The molecule has 1 heterocycles. The van der Waals surface area contributed by atoms with Crippen LogP contribution in [-0.4, -0.2) is 43.8 Å². The van der Waals surface area contributed by atoms with Gasteiger partial charge in [0.05, 0.1) is 11.3 Å². The summed E-state index contributed by atoms with van der Waals surface area (Å²) < 4.78 is 10.8. The molecule has 1 rings (SSSR count). The highest BCUT2D eigenvalue weighted by Gasteiger charge is 2.09. The van der Waals surface area contributed by atoms with E-state index >= 15 is 0 Å². The van der Waals surface area contributed by atoms with Crippen LogP contribution in [0.2, 0.25) is 0 Å². The largest absolute Gasteiger partial charge is 0.478 e. The number of nitrogens with one attached hydrogen (secondary N) is 1. The zero-order valence-electron chi connectivity index (χ0n) is 9.06. The van der Waals surface area contributed by atoms with Crippen LogP contribution < -0.4 is 5.32 Å². The SMILES string of the molecule is Cc1nc(NCCS(C)=O)ncc1C(=O)O. The van der Waals surface area contributed by atoms with E-state index in [0.29, 0.717) is 23.9 Å². The van der Waals surface area contributed by atoms with Gasteiger partial charge in [0.25, 0.3) is 0 Å². The average Bonchev–Trinajstić information content (AvgIpc) is 2.16. The van der Waals surface area contributed by atoms with Crippen LogP contribution in [0.4, 0.5) is 5.95 Å². The number of carboxylic acids is 1. The molecule has 7 heteroatoms. The molecule has 1 aromatic rings. The second kappa shape index (κ2) is 5.55. The van der Waals surface area contributed by atoms with E-state index in [9.17, 15) is 9.00 Å². The van der Waals surface area contributed by atoms with Crippen LogP contribution in [0, 0.1) is 6.92 Å². The van der Waals surface area contributed by atoms with Crippen LogP contribution in [0.5, 0.6) is 0 Å². The molecule has 1 aromatic heterocycles. The quantitative estimate of drug-likeness (QED) is 0.771. The zero-order chi connectivity index (χ0) is 12.1. The molecule has 0 radical (unpaired) electrons. The third kappa shape index (κ3) is 3.58. The predicted molar refractivity (Wildman–Crippen MR) is 61.2 cm³/mol. The van der Waals surface area contributed by atoms with Gasteiger partial charge in [0.1, 0.15) is 0 Å². The smallest absolute Gasteiger partial charge is 0.339 e. The number of hydrogen-bond acceptors (Lipinski definition) is 5. The van der Waals surface area contributed by atoms with Crippen LogP contribution in [0.15, 0.2) is 6.20 Å². The molecule has 0 spiro atoms. The lowest BCUT2D eigenvalue weighted by atomic mass is 10.2. The molecule has 0 saturated carbocycles. The second-order valence-electron chi connectivity index (χ2n) is 3.20. The van der Waals surface area contributed by atoms with Gasteiger partial charge < -0.3 is 10.4 Å². The van der Waals surface area contributed by atoms with Crippen LogP contribution in [-0.2, 0) is 10.8 Å². The molecule has 6 nitrogen and oxygen atoms in total. The summed E-state index contributed by atoms with van der Waals surface area (Å²) in [6.45, 7) is 2.10. The number of anilines is 1. The van der Waals surface area contributed by atoms with Gasteiger partial charge >= 0.3 is 5.97 Å². The van der Waals surface area contributed by atoms with E-state index in [2.05, 4.69) is 15.3 Å². The third-order valence-electron chi connectivity index (χ3n) is 1.88. The predicted octanol–water partition coefficient (Wildman–Crippen LogP) is 0.274. The molecule has 1 atom stereocenters. The van der Waals surface area contributed by atoms with Gasteiger partial charge in [0.2, 0.25) is 5.95 Å². The number of aryl methyl sites for hydroxylation is 1. The van der Waals surface area contributed by atoms with Gasteiger partial charge in [0, 0.05) is 35.5 Å². The molecule has 88 valence electrons. The maximum Gasteiger partial charge on any atom is 0.339 e. The van der Waals surface area contributed by atoms with Crippen molar-refractivity contribution in [1.82, 2.24) is 9.97 Å². The molecule has 2 N–H and O–H groups in total. The summed E-state index contributed by atoms with van der Waals surface area (Å²) in [4.78, 5) is 18.5. The number of rotatable bonds is 5. The summed E-state index contributed by atoms with van der Waals surface area (Å²) in [7, 11) is -0.868. The normalized spacial score (nSPS) is 12.1. The van der Waals surface area contributed by atoms with E-state index in [-0.39, 0.29) is 5.56 Å². The molecule has 0 aliphatic carbocycles. The Bertz CT molecular complexity index is 422. The molecule has 1 unspecified atom stereocenters. The minimum Gasteiger partial charge on any atom is -0.478 e. The number of aromatic nitrogens is 2. The molecule has 0 bridgehead atoms. The van der Waals surface area contributed by atoms with Gasteiger partial charge in [-0.15, -0.1) is 0 Å². The Labute approximate surface area is 95.6 Å². The van der Waals surface area contributed by atoms with E-state index in [1.54, 1.807) is 13.2 Å². The van der Waals surface area contributed by atoms with Crippen molar-refractivity contribution in [3.63, 3.8) is 0 Å². The molecule has 16 heavy (non-hydrogen) atoms. The van der Waals surface area contributed by atoms with Gasteiger partial charge in [-0.25, -0.2) is 14.8 Å². The fourth-order valence-corrected chi connectivity index (χ4v) is 1.46. The average molecular weight is 243 g/mol. The number of carbonyl (C=O) groups is 1. The van der Waals surface area contributed by atoms with Gasteiger partial charge in [-0.2, -0.15) is 0 Å². The first-order chi connectivity index (χ1) is 7.50. The van der Waals surface area contributed by atoms with E-state index < -0.39 is 16.8 Å². The topological polar surface area (TPSA) is 92.2 Å². The number of carboxylic acid groups (broad SMARTS) is 1. The summed E-state index contributed by atoms with van der Waals surface area (Å²) >= 11 is 0. The lowest BCUT2D eigenvalue weighted by Gasteiger charge is -2.05. The van der Waals surface area contributed by atoms with E-state index in [1.807, 2.05) is 0 Å². The van der Waals surface area contributed by atoms with E-state index in [4.69, 9.17) is 5.11 Å². The number of aromatic carboxylic acids is 1. The van der Waals surface area contributed by atoms with Gasteiger partial charge in [-0.05, 0) is 6.92 Å². The molecule has 0 aliphatic rings. The summed E-state index contributed by atoms with van der Waals surface area (Å²) in [5.74, 6) is -0.185. The molecule has 0 fully saturated rings. The van der Waals surface area contributed by atoms with Gasteiger partial charge in [0.15, 0.2) is 0 Å². The zero-order valence-corrected chi connectivity index (χ0v) is 9.87. The van der Waals surface area contributed by atoms with Crippen molar-refractivity contribution in [1.29, 1.82) is 0 Å². The maximum atomic E-state index is 10.8. The minimum atomic E-state index is -1.04. The van der Waals surface area contributed by atoms with Crippen molar-refractivity contribution in [3.05, 3.63) is 17.5 Å². The third-order valence-corrected chi connectivity index (χ3v) is 2.66. The van der Waals surface area contributed by atoms with Crippen molar-refractivity contribution in [2.24, 2.45) is 0 Å². The Morgan fingerprint density at radius 1 is 1.62 bits per heavy atom. The molecule has 0 saturated heterocycles. The monoisotopic (exact) mass is 243 g/mol. The summed E-state index contributed by atoms with van der Waals surface area (Å²) in [5, 5.41) is 11.6. The van der Waals surface area contributed by atoms with Gasteiger partial charge in [-0.3, -0.25) is 4.21 Å². The van der Waals surface area contributed by atoms with E-state index in [0.717, 1.165) is 0 Å². The molecular formula is C9H13N3O3S. The lowest BCUT2D eigenvalue weighted by molar-refractivity contribution is 0.0695. The van der Waals surface area contributed by atoms with Crippen molar-refractivity contribution >= 4 is 22.7 Å². The molecule has 0 amide bonds. The minimum absolute atomic E-state index is 0.0876. The summed E-state index contributed by atoms with van der Waals surface area (Å²) in [5.41, 5.74) is 0.493. The van der Waals surface area contributed by atoms with Crippen LogP contribution in [0.25, 0.3) is 0 Å². The van der Waals surface area contributed by atoms with Gasteiger partial charge in [-0.1, -0.05) is 0 Å². The van der Waals surface area contributed by atoms with E-state index in [1.165, 1.54) is 6.20 Å². The number of nitrogens with zero attached hydrogens (tertiary/aromatic N) is 2. The Hall–Kier alpha value is -1.50. The first-order valence-corrected chi connectivity index (χ1v) is 6.34. The van der Waals surface area contributed by atoms with Crippen molar-refractivity contribution in [2.75, 3.05) is 23.9 Å². The van der Waals surface area contributed by atoms with Crippen LogP contribution >= 0.6 is 0 Å². The first-order valence-electron chi connectivity index (χ1n) is 4.61. The Kier molecular flexibility index (Phi) is 4.36. The highest BCUT2D eigenvalue weighted by atomic mass is 32.2. The standard InChI is InChI=1S/C9H13N3O3S/c1-6-7(8(13)14)5-11-9(12-6)10-3-4-16(2)15/h5H,3-4H2,1-2H3,(H,13,14)(H,10,11,12). The van der Waals surface area contributed by atoms with Crippen molar-refractivity contribution in [3.8, 4) is 0 Å². The van der Waals surface area contributed by atoms with Crippen molar-refractivity contribution in [2.45, 2.75) is 6.92 Å². The summed E-state index contributed by atoms with van der Waals surface area (Å²) in [6.07, 6.45) is 2.87. The summed E-state index contributed by atoms with van der Waals surface area (Å²) in [6, 6.07) is 0. The highest BCUT2D eigenvalue weighted by Crippen LogP contribution is 2.06. The first kappa shape index (κ1) is 12.6. The number of hydrogen-bond donors (Lipinski definition) is 2. The Morgan fingerprint density at radius 3 is 2.81 bits per heavy atom. The highest BCUT2D eigenvalue weighted by molar-refractivity contribution is 7.84. The molecule has 0 aromatic carbocycles. The van der Waals surface area contributed by atoms with Crippen molar-refractivity contribution < 1.29 is 14.1 Å².